The number of benzene rings is 1. The molecule has 130 valence electrons. The molecule has 0 saturated heterocycles. The van der Waals surface area contributed by atoms with Gasteiger partial charge in [-0.05, 0) is 31.5 Å². The summed E-state index contributed by atoms with van der Waals surface area (Å²) in [6, 6.07) is 4.75. The summed E-state index contributed by atoms with van der Waals surface area (Å²) in [6.07, 6.45) is -2.43. The van der Waals surface area contributed by atoms with Crippen LogP contribution in [0.25, 0.3) is 0 Å². The number of aryl methyl sites for hydroxylation is 1. The lowest BCUT2D eigenvalue weighted by Gasteiger charge is -2.13. The average Bonchev–Trinajstić information content (AvgIpc) is 2.48. The van der Waals surface area contributed by atoms with Gasteiger partial charge in [-0.1, -0.05) is 24.9 Å². The van der Waals surface area contributed by atoms with Gasteiger partial charge in [0.25, 0.3) is 0 Å². The Balaban J connectivity index is 2.24. The molecule has 0 aliphatic rings. The molecule has 4 nitrogen and oxygen atoms in total. The van der Waals surface area contributed by atoms with Crippen molar-refractivity contribution in [3.63, 3.8) is 0 Å². The minimum absolute atomic E-state index is 0.143. The lowest BCUT2D eigenvalue weighted by molar-refractivity contribution is -0.137. The van der Waals surface area contributed by atoms with Crippen LogP contribution >= 0.6 is 11.6 Å². The Morgan fingerprint density at radius 2 is 1.92 bits per heavy atom. The van der Waals surface area contributed by atoms with Crippen LogP contribution in [0.4, 0.5) is 30.6 Å². The fraction of sp³-hybridized carbons (Fsp3) is 0.375. The maximum Gasteiger partial charge on any atom is 0.416 e. The summed E-state index contributed by atoms with van der Waals surface area (Å²) in [4.78, 5) is 8.51. The fourth-order valence-electron chi connectivity index (χ4n) is 2.02. The molecule has 2 N–H and O–H groups in total. The van der Waals surface area contributed by atoms with Crippen molar-refractivity contribution >= 4 is 29.1 Å². The summed E-state index contributed by atoms with van der Waals surface area (Å²) in [5.74, 6) is 0.803. The number of anilines is 3. The van der Waals surface area contributed by atoms with Crippen molar-refractivity contribution in [1.82, 2.24) is 9.97 Å². The Hall–Kier alpha value is -2.02. The predicted molar refractivity (Wildman–Crippen MR) is 89.9 cm³/mol. The smallest absolute Gasteiger partial charge is 0.354 e. The second-order valence-corrected chi connectivity index (χ2v) is 5.72. The lowest BCUT2D eigenvalue weighted by Crippen LogP contribution is -2.08. The third kappa shape index (κ3) is 4.99. The zero-order valence-electron chi connectivity index (χ0n) is 13.3. The molecule has 0 radical (unpaired) electrons. The molecular weight excluding hydrogens is 341 g/mol. The Bertz CT molecular complexity index is 704. The van der Waals surface area contributed by atoms with Gasteiger partial charge in [0.15, 0.2) is 0 Å². The molecule has 1 heterocycles. The van der Waals surface area contributed by atoms with Crippen LogP contribution in [0.1, 0.15) is 31.0 Å². The van der Waals surface area contributed by atoms with E-state index < -0.39 is 11.7 Å². The van der Waals surface area contributed by atoms with Gasteiger partial charge >= 0.3 is 6.18 Å². The largest absolute Gasteiger partial charge is 0.416 e. The second-order valence-electron chi connectivity index (χ2n) is 5.32. The van der Waals surface area contributed by atoms with Crippen molar-refractivity contribution < 1.29 is 13.2 Å². The average molecular weight is 359 g/mol. The van der Waals surface area contributed by atoms with Crippen LogP contribution in [0.2, 0.25) is 5.02 Å². The minimum Gasteiger partial charge on any atom is -0.354 e. The lowest BCUT2D eigenvalue weighted by atomic mass is 10.2. The SMILES string of the molecule is CCCCNc1nc(C)cc(Nc2cc(C(F)(F)F)ccc2Cl)n1. The Morgan fingerprint density at radius 3 is 2.58 bits per heavy atom. The molecule has 24 heavy (non-hydrogen) atoms. The maximum atomic E-state index is 12.8. The summed E-state index contributed by atoms with van der Waals surface area (Å²) >= 11 is 5.99. The van der Waals surface area contributed by atoms with Gasteiger partial charge in [0.1, 0.15) is 5.82 Å². The molecule has 0 aliphatic heterocycles. The number of alkyl halides is 3. The van der Waals surface area contributed by atoms with E-state index in [2.05, 4.69) is 27.5 Å². The summed E-state index contributed by atoms with van der Waals surface area (Å²) in [5.41, 5.74) is 0.0557. The molecule has 2 aromatic rings. The topological polar surface area (TPSA) is 49.8 Å². The first-order valence-electron chi connectivity index (χ1n) is 7.53. The summed E-state index contributed by atoms with van der Waals surface area (Å²) in [7, 11) is 0. The summed E-state index contributed by atoms with van der Waals surface area (Å²) < 4.78 is 38.5. The standard InChI is InChI=1S/C16H18ClF3N4/c1-3-4-7-21-15-22-10(2)8-14(24-15)23-13-9-11(16(18,19)20)5-6-12(13)17/h5-6,8-9H,3-4,7H2,1-2H3,(H2,21,22,23,24). The Morgan fingerprint density at radius 1 is 1.17 bits per heavy atom. The zero-order valence-corrected chi connectivity index (χ0v) is 14.1. The molecule has 0 atom stereocenters. The van der Waals surface area contributed by atoms with Crippen molar-refractivity contribution in [3.05, 3.63) is 40.5 Å². The molecule has 8 heteroatoms. The number of halogens is 4. The first kappa shape index (κ1) is 18.3. The number of unbranched alkanes of at least 4 members (excludes halogenated alkanes) is 1. The number of hydrogen-bond donors (Lipinski definition) is 2. The molecule has 0 fully saturated rings. The molecule has 0 spiro atoms. The van der Waals surface area contributed by atoms with Crippen LogP contribution in [0.5, 0.6) is 0 Å². The molecule has 2 rings (SSSR count). The molecule has 1 aromatic heterocycles. The van der Waals surface area contributed by atoms with E-state index >= 15 is 0 Å². The number of nitrogens with one attached hydrogen (secondary N) is 2. The first-order chi connectivity index (χ1) is 11.3. The van der Waals surface area contributed by atoms with Crippen LogP contribution in [-0.4, -0.2) is 16.5 Å². The van der Waals surface area contributed by atoms with E-state index in [1.807, 2.05) is 0 Å². The number of nitrogens with zero attached hydrogens (tertiary/aromatic N) is 2. The van der Waals surface area contributed by atoms with Crippen LogP contribution in [0.3, 0.4) is 0 Å². The van der Waals surface area contributed by atoms with Gasteiger partial charge in [0.05, 0.1) is 16.3 Å². The van der Waals surface area contributed by atoms with Gasteiger partial charge in [-0.25, -0.2) is 4.98 Å². The van der Waals surface area contributed by atoms with Gasteiger partial charge in [-0.15, -0.1) is 0 Å². The highest BCUT2D eigenvalue weighted by atomic mass is 35.5. The molecule has 0 aliphatic carbocycles. The second kappa shape index (κ2) is 7.70. The van der Waals surface area contributed by atoms with Crippen LogP contribution in [-0.2, 0) is 6.18 Å². The molecule has 0 saturated carbocycles. The normalized spacial score (nSPS) is 11.4. The van der Waals surface area contributed by atoms with E-state index in [1.165, 1.54) is 6.07 Å². The van der Waals surface area contributed by atoms with E-state index in [0.29, 0.717) is 17.5 Å². The van der Waals surface area contributed by atoms with Gasteiger partial charge in [-0.2, -0.15) is 18.2 Å². The quantitative estimate of drug-likeness (QED) is 0.677. The van der Waals surface area contributed by atoms with E-state index in [9.17, 15) is 13.2 Å². The first-order valence-corrected chi connectivity index (χ1v) is 7.90. The molecule has 0 unspecified atom stereocenters. The highest BCUT2D eigenvalue weighted by Gasteiger charge is 2.31. The Labute approximate surface area is 143 Å². The van der Waals surface area contributed by atoms with E-state index in [0.717, 1.165) is 31.5 Å². The number of aromatic nitrogens is 2. The Kier molecular flexibility index (Phi) is 5.88. The van der Waals surface area contributed by atoms with Gasteiger partial charge < -0.3 is 10.6 Å². The summed E-state index contributed by atoms with van der Waals surface area (Å²) in [6.45, 7) is 4.58. The molecular formula is C16H18ClF3N4. The van der Waals surface area contributed by atoms with E-state index in [-0.39, 0.29) is 10.7 Å². The van der Waals surface area contributed by atoms with Crippen molar-refractivity contribution in [2.24, 2.45) is 0 Å². The van der Waals surface area contributed by atoms with Crippen molar-refractivity contribution in [1.29, 1.82) is 0 Å². The summed E-state index contributed by atoms with van der Waals surface area (Å²) in [5, 5.41) is 6.10. The van der Waals surface area contributed by atoms with Crippen molar-refractivity contribution in [2.45, 2.75) is 32.9 Å². The molecule has 0 bridgehead atoms. The monoisotopic (exact) mass is 358 g/mol. The van der Waals surface area contributed by atoms with Crippen molar-refractivity contribution in [2.75, 3.05) is 17.2 Å². The van der Waals surface area contributed by atoms with Crippen LogP contribution < -0.4 is 10.6 Å². The minimum atomic E-state index is -4.44. The van der Waals surface area contributed by atoms with Crippen molar-refractivity contribution in [3.8, 4) is 0 Å². The molecule has 1 aromatic carbocycles. The van der Waals surface area contributed by atoms with Gasteiger partial charge in [0.2, 0.25) is 5.95 Å². The van der Waals surface area contributed by atoms with Crippen LogP contribution in [0, 0.1) is 6.92 Å². The fourth-order valence-corrected chi connectivity index (χ4v) is 2.19. The maximum absolute atomic E-state index is 12.8. The molecule has 0 amide bonds. The van der Waals surface area contributed by atoms with Gasteiger partial charge in [-0.3, -0.25) is 0 Å². The van der Waals surface area contributed by atoms with E-state index in [1.54, 1.807) is 13.0 Å². The highest BCUT2D eigenvalue weighted by molar-refractivity contribution is 6.33. The third-order valence-corrected chi connectivity index (χ3v) is 3.55. The number of rotatable bonds is 6. The number of hydrogen-bond acceptors (Lipinski definition) is 4. The predicted octanol–water partition coefficient (Wildman–Crippen LogP) is 5.41. The zero-order chi connectivity index (χ0) is 17.7. The van der Waals surface area contributed by atoms with Gasteiger partial charge in [0, 0.05) is 18.3 Å². The highest BCUT2D eigenvalue weighted by Crippen LogP contribution is 2.34. The third-order valence-electron chi connectivity index (χ3n) is 3.22. The van der Waals surface area contributed by atoms with E-state index in [4.69, 9.17) is 11.6 Å². The van der Waals surface area contributed by atoms with Crippen LogP contribution in [0.15, 0.2) is 24.3 Å².